The van der Waals surface area contributed by atoms with Crippen LogP contribution >= 0.6 is 11.8 Å². The second kappa shape index (κ2) is 22.8. The standard InChI is InChI=1S/C52H50O11S/c53-44-42(34-56-31-36-19-7-1-8-20-36)60-51(47(58-33-38-23-11-3-12-24-38)46(44)57-32-37-21-9-2-10-22-37)61-43-35-59-52(64-41-29-17-6-18-30-41)48(63-50(55)40-27-15-5-16-28-40)45(43)62-49(54)39-25-13-4-14-26-39/h1-30,42-48,51-53H,31-35H2/t42-,43-,44-,45+,46+,47+,48-,51+,52+/m1/s1. The minimum absolute atomic E-state index is 0.0206. The van der Waals surface area contributed by atoms with E-state index in [0.717, 1.165) is 21.6 Å². The number of benzene rings is 6. The van der Waals surface area contributed by atoms with E-state index in [2.05, 4.69) is 0 Å². The molecule has 0 radical (unpaired) electrons. The number of aliphatic hydroxyl groups is 1. The molecule has 2 fully saturated rings. The van der Waals surface area contributed by atoms with E-state index >= 15 is 0 Å². The molecule has 11 nitrogen and oxygen atoms in total. The maximum atomic E-state index is 14.1. The van der Waals surface area contributed by atoms with Crippen molar-refractivity contribution in [2.75, 3.05) is 13.2 Å². The molecule has 1 N–H and O–H groups in total. The molecular weight excluding hydrogens is 833 g/mol. The first-order valence-corrected chi connectivity index (χ1v) is 22.1. The first-order valence-electron chi connectivity index (χ1n) is 21.3. The lowest BCUT2D eigenvalue weighted by molar-refractivity contribution is -0.343. The van der Waals surface area contributed by atoms with Crippen LogP contribution in [0.2, 0.25) is 0 Å². The Bertz CT molecular complexity index is 2310. The Balaban J connectivity index is 1.14. The van der Waals surface area contributed by atoms with E-state index < -0.39 is 66.4 Å². The molecule has 330 valence electrons. The average Bonchev–Trinajstić information content (AvgIpc) is 3.35. The van der Waals surface area contributed by atoms with Crippen molar-refractivity contribution in [1.29, 1.82) is 0 Å². The lowest BCUT2D eigenvalue weighted by Crippen LogP contribution is -2.64. The lowest BCUT2D eigenvalue weighted by Gasteiger charge is -2.47. The smallest absolute Gasteiger partial charge is 0.338 e. The molecule has 2 heterocycles. The number of hydrogen-bond acceptors (Lipinski definition) is 12. The Kier molecular flexibility index (Phi) is 16.0. The summed E-state index contributed by atoms with van der Waals surface area (Å²) in [5.41, 5.74) is 2.47. The third-order valence-electron chi connectivity index (χ3n) is 10.8. The molecule has 64 heavy (non-hydrogen) atoms. The Morgan fingerprint density at radius 2 is 1.00 bits per heavy atom. The minimum Gasteiger partial charge on any atom is -0.452 e. The molecule has 2 aliphatic rings. The van der Waals surface area contributed by atoms with E-state index in [4.69, 9.17) is 37.9 Å². The molecule has 0 aromatic heterocycles. The second-order valence-electron chi connectivity index (χ2n) is 15.3. The fourth-order valence-electron chi connectivity index (χ4n) is 7.47. The van der Waals surface area contributed by atoms with Gasteiger partial charge in [0.05, 0.1) is 44.2 Å². The topological polar surface area (TPSA) is 128 Å². The Labute approximate surface area is 377 Å². The molecule has 6 aromatic carbocycles. The summed E-state index contributed by atoms with van der Waals surface area (Å²) < 4.78 is 52.2. The van der Waals surface area contributed by atoms with Crippen molar-refractivity contribution in [2.24, 2.45) is 0 Å². The minimum atomic E-state index is -1.24. The van der Waals surface area contributed by atoms with Crippen molar-refractivity contribution in [3.8, 4) is 0 Å². The first-order chi connectivity index (χ1) is 31.5. The second-order valence-corrected chi connectivity index (χ2v) is 16.5. The van der Waals surface area contributed by atoms with Crippen molar-refractivity contribution in [2.45, 2.75) is 79.2 Å². The number of esters is 2. The van der Waals surface area contributed by atoms with Gasteiger partial charge in [-0.05, 0) is 53.1 Å². The van der Waals surface area contributed by atoms with Crippen molar-refractivity contribution in [3.05, 3.63) is 210 Å². The van der Waals surface area contributed by atoms with E-state index in [1.54, 1.807) is 60.7 Å². The third-order valence-corrected chi connectivity index (χ3v) is 12.0. The summed E-state index contributed by atoms with van der Waals surface area (Å²) >= 11 is 1.33. The largest absolute Gasteiger partial charge is 0.452 e. The van der Waals surface area contributed by atoms with E-state index in [9.17, 15) is 14.7 Å². The molecule has 0 aliphatic carbocycles. The van der Waals surface area contributed by atoms with Crippen LogP contribution in [0.4, 0.5) is 0 Å². The third kappa shape index (κ3) is 12.1. The highest BCUT2D eigenvalue weighted by atomic mass is 32.2. The van der Waals surface area contributed by atoms with Crippen molar-refractivity contribution < 1.29 is 52.6 Å². The molecule has 2 aliphatic heterocycles. The molecule has 6 aromatic rings. The predicted octanol–water partition coefficient (Wildman–Crippen LogP) is 8.44. The normalized spacial score (nSPS) is 24.4. The van der Waals surface area contributed by atoms with Crippen molar-refractivity contribution in [3.63, 3.8) is 0 Å². The summed E-state index contributed by atoms with van der Waals surface area (Å²) in [4.78, 5) is 28.8. The zero-order valence-corrected chi connectivity index (χ0v) is 35.8. The van der Waals surface area contributed by atoms with Crippen LogP contribution in [0.15, 0.2) is 187 Å². The number of carbonyl (C=O) groups excluding carboxylic acids is 2. The highest BCUT2D eigenvalue weighted by Gasteiger charge is 2.52. The van der Waals surface area contributed by atoms with Gasteiger partial charge in [-0.1, -0.05) is 157 Å². The number of hydrogen-bond donors (Lipinski definition) is 1. The van der Waals surface area contributed by atoms with Gasteiger partial charge in [0.15, 0.2) is 18.5 Å². The van der Waals surface area contributed by atoms with Crippen LogP contribution in [0.5, 0.6) is 0 Å². The number of thioether (sulfide) groups is 1. The summed E-state index contributed by atoms with van der Waals surface area (Å²) in [6.45, 7) is 0.425. The summed E-state index contributed by atoms with van der Waals surface area (Å²) in [5, 5.41) is 12.1. The molecule has 12 heteroatoms. The van der Waals surface area contributed by atoms with Crippen molar-refractivity contribution in [1.82, 2.24) is 0 Å². The van der Waals surface area contributed by atoms with Gasteiger partial charge in [0.25, 0.3) is 0 Å². The summed E-state index contributed by atoms with van der Waals surface area (Å²) in [5.74, 6) is -1.29. The molecule has 9 atom stereocenters. The van der Waals surface area contributed by atoms with Crippen LogP contribution < -0.4 is 0 Å². The fraction of sp³-hybridized carbons (Fsp3) is 0.269. The fourth-order valence-corrected chi connectivity index (χ4v) is 8.55. The van der Waals surface area contributed by atoms with Gasteiger partial charge in [-0.2, -0.15) is 0 Å². The molecule has 2 saturated heterocycles. The van der Waals surface area contributed by atoms with Gasteiger partial charge in [0, 0.05) is 4.90 Å². The van der Waals surface area contributed by atoms with E-state index in [0.29, 0.717) is 11.1 Å². The van der Waals surface area contributed by atoms with Gasteiger partial charge in [-0.3, -0.25) is 0 Å². The summed E-state index contributed by atoms with van der Waals surface area (Å²) in [6, 6.07) is 55.6. The highest BCUT2D eigenvalue weighted by molar-refractivity contribution is 7.99. The zero-order valence-electron chi connectivity index (χ0n) is 35.0. The quantitative estimate of drug-likeness (QED) is 0.0833. The van der Waals surface area contributed by atoms with Crippen LogP contribution in [-0.4, -0.2) is 84.7 Å². The maximum Gasteiger partial charge on any atom is 0.338 e. The molecule has 0 bridgehead atoms. The Morgan fingerprint density at radius 1 is 0.547 bits per heavy atom. The van der Waals surface area contributed by atoms with Crippen LogP contribution in [0.25, 0.3) is 0 Å². The monoisotopic (exact) mass is 882 g/mol. The lowest BCUT2D eigenvalue weighted by atomic mass is 9.97. The molecular formula is C52H50O11S. The number of ether oxygens (including phenoxy) is 8. The first kappa shape index (κ1) is 44.9. The Hall–Kier alpha value is -5.67. The van der Waals surface area contributed by atoms with Gasteiger partial charge in [0.2, 0.25) is 0 Å². The average molecular weight is 883 g/mol. The number of aliphatic hydroxyl groups excluding tert-OH is 1. The van der Waals surface area contributed by atoms with Crippen LogP contribution in [0.3, 0.4) is 0 Å². The van der Waals surface area contributed by atoms with E-state index in [1.165, 1.54) is 11.8 Å². The maximum absolute atomic E-state index is 14.1. The zero-order chi connectivity index (χ0) is 43.9. The van der Waals surface area contributed by atoms with Crippen LogP contribution in [0, 0.1) is 0 Å². The molecule has 0 saturated carbocycles. The van der Waals surface area contributed by atoms with E-state index in [1.807, 2.05) is 121 Å². The number of rotatable bonds is 18. The molecule has 0 unspecified atom stereocenters. The number of carbonyl (C=O) groups is 2. The van der Waals surface area contributed by atoms with Crippen molar-refractivity contribution >= 4 is 23.7 Å². The van der Waals surface area contributed by atoms with E-state index in [-0.39, 0.29) is 33.0 Å². The van der Waals surface area contributed by atoms with Crippen LogP contribution in [0.1, 0.15) is 37.4 Å². The summed E-state index contributed by atoms with van der Waals surface area (Å²) in [7, 11) is 0. The Morgan fingerprint density at radius 3 is 1.53 bits per heavy atom. The van der Waals surface area contributed by atoms with Crippen LogP contribution in [-0.2, 0) is 57.7 Å². The van der Waals surface area contributed by atoms with Gasteiger partial charge >= 0.3 is 11.9 Å². The molecule has 0 spiro atoms. The molecule has 0 amide bonds. The molecule has 8 rings (SSSR count). The summed E-state index contributed by atoms with van der Waals surface area (Å²) in [6.07, 6.45) is -8.93. The predicted molar refractivity (Wildman–Crippen MR) is 239 cm³/mol. The van der Waals surface area contributed by atoms with Gasteiger partial charge < -0.3 is 43.0 Å². The van der Waals surface area contributed by atoms with Gasteiger partial charge in [0.1, 0.15) is 36.0 Å². The SMILES string of the molecule is O=C(O[C@@H]1[C@@H](OC(=O)c2ccccc2)[C@H](Sc2ccccc2)OC[C@H]1O[C@@H]1O[C@H](COCc2ccccc2)[C@@H](O)[C@H](OCc2ccccc2)[C@@H]1OCc1ccccc1)c1ccccc1. The van der Waals surface area contributed by atoms with Gasteiger partial charge in [-0.25, -0.2) is 9.59 Å². The highest BCUT2D eigenvalue weighted by Crippen LogP contribution is 2.38. The van der Waals surface area contributed by atoms with Gasteiger partial charge in [-0.15, -0.1) is 0 Å².